The van der Waals surface area contributed by atoms with Crippen LogP contribution in [0.25, 0.3) is 5.69 Å². The Hall–Kier alpha value is -1.92. The van der Waals surface area contributed by atoms with Crippen molar-refractivity contribution in [3.05, 3.63) is 40.7 Å². The lowest BCUT2D eigenvalue weighted by atomic mass is 9.89. The van der Waals surface area contributed by atoms with E-state index in [1.165, 1.54) is 38.6 Å². The molecule has 0 bridgehead atoms. The van der Waals surface area contributed by atoms with Crippen LogP contribution in [-0.2, 0) is 0 Å². The van der Waals surface area contributed by atoms with Crippen LogP contribution < -0.4 is 0 Å². The van der Waals surface area contributed by atoms with E-state index < -0.39 is 0 Å². The topological polar surface area (TPSA) is 54.3 Å². The van der Waals surface area contributed by atoms with Gasteiger partial charge in [0.25, 0.3) is 5.91 Å². The SMILES string of the molecule is Cc1c(C(=O)N2CCCN(CC3CCCCC3)CC2)nnn1-c1cccc(Cl)c1. The second-order valence-corrected chi connectivity index (χ2v) is 8.80. The third-order valence-electron chi connectivity index (χ3n) is 6.27. The van der Waals surface area contributed by atoms with Crippen LogP contribution in [0.1, 0.15) is 54.7 Å². The average molecular weight is 416 g/mol. The monoisotopic (exact) mass is 415 g/mol. The minimum Gasteiger partial charge on any atom is -0.336 e. The normalized spacial score (nSPS) is 19.3. The molecule has 2 aliphatic rings. The van der Waals surface area contributed by atoms with Gasteiger partial charge in [0.15, 0.2) is 5.69 Å². The highest BCUT2D eigenvalue weighted by Gasteiger charge is 2.26. The smallest absolute Gasteiger partial charge is 0.276 e. The van der Waals surface area contributed by atoms with Crippen LogP contribution in [0.5, 0.6) is 0 Å². The summed E-state index contributed by atoms with van der Waals surface area (Å²) in [6, 6.07) is 7.43. The van der Waals surface area contributed by atoms with Gasteiger partial charge in [-0.05, 0) is 56.8 Å². The molecule has 29 heavy (non-hydrogen) atoms. The van der Waals surface area contributed by atoms with Crippen molar-refractivity contribution in [3.63, 3.8) is 0 Å². The summed E-state index contributed by atoms with van der Waals surface area (Å²) in [4.78, 5) is 17.6. The predicted octanol–water partition coefficient (Wildman–Crippen LogP) is 3.96. The summed E-state index contributed by atoms with van der Waals surface area (Å²) in [5, 5.41) is 9.05. The number of rotatable bonds is 4. The molecule has 1 aliphatic carbocycles. The lowest BCUT2D eigenvalue weighted by Gasteiger charge is -2.28. The Kier molecular flexibility index (Phi) is 6.50. The van der Waals surface area contributed by atoms with E-state index in [1.807, 2.05) is 36.1 Å². The Bertz CT molecular complexity index is 845. The number of carbonyl (C=O) groups excluding carboxylic acids is 1. The largest absolute Gasteiger partial charge is 0.336 e. The van der Waals surface area contributed by atoms with E-state index in [0.29, 0.717) is 10.7 Å². The van der Waals surface area contributed by atoms with Gasteiger partial charge < -0.3 is 9.80 Å². The molecule has 0 atom stereocenters. The minimum absolute atomic E-state index is 0.0182. The second-order valence-electron chi connectivity index (χ2n) is 8.37. The number of nitrogens with zero attached hydrogens (tertiary/aromatic N) is 5. The number of aromatic nitrogens is 3. The van der Waals surface area contributed by atoms with Crippen molar-refractivity contribution < 1.29 is 4.79 Å². The number of carbonyl (C=O) groups is 1. The fourth-order valence-corrected chi connectivity index (χ4v) is 4.81. The molecule has 0 spiro atoms. The number of hydrogen-bond acceptors (Lipinski definition) is 4. The van der Waals surface area contributed by atoms with Crippen molar-refractivity contribution in [2.45, 2.75) is 45.4 Å². The first-order chi connectivity index (χ1) is 14.1. The Morgan fingerprint density at radius 3 is 2.72 bits per heavy atom. The maximum Gasteiger partial charge on any atom is 0.276 e. The van der Waals surface area contributed by atoms with E-state index in [9.17, 15) is 4.79 Å². The Balaban J connectivity index is 1.41. The summed E-state index contributed by atoms with van der Waals surface area (Å²) in [6.07, 6.45) is 7.90. The van der Waals surface area contributed by atoms with E-state index in [0.717, 1.165) is 49.9 Å². The number of amides is 1. The fourth-order valence-electron chi connectivity index (χ4n) is 4.62. The van der Waals surface area contributed by atoms with Crippen molar-refractivity contribution in [1.29, 1.82) is 0 Å². The van der Waals surface area contributed by atoms with E-state index >= 15 is 0 Å². The Morgan fingerprint density at radius 1 is 1.10 bits per heavy atom. The first-order valence-electron chi connectivity index (χ1n) is 10.8. The molecule has 1 amide bonds. The zero-order chi connectivity index (χ0) is 20.2. The van der Waals surface area contributed by atoms with Gasteiger partial charge in [0.05, 0.1) is 11.4 Å². The molecule has 156 valence electrons. The summed E-state index contributed by atoms with van der Waals surface area (Å²) in [7, 11) is 0. The zero-order valence-electron chi connectivity index (χ0n) is 17.2. The molecule has 2 heterocycles. The van der Waals surface area contributed by atoms with E-state index in [1.54, 1.807) is 4.68 Å². The molecule has 4 rings (SSSR count). The quantitative estimate of drug-likeness (QED) is 0.758. The Morgan fingerprint density at radius 2 is 1.93 bits per heavy atom. The Labute approximate surface area is 177 Å². The molecule has 1 aliphatic heterocycles. The van der Waals surface area contributed by atoms with Gasteiger partial charge in [-0.1, -0.05) is 42.1 Å². The summed E-state index contributed by atoms with van der Waals surface area (Å²) < 4.78 is 1.69. The van der Waals surface area contributed by atoms with Crippen LogP contribution >= 0.6 is 11.6 Å². The van der Waals surface area contributed by atoms with Crippen LogP contribution in [0.15, 0.2) is 24.3 Å². The first kappa shape index (κ1) is 20.4. The highest BCUT2D eigenvalue weighted by atomic mass is 35.5. The van der Waals surface area contributed by atoms with Crippen LogP contribution in [0.4, 0.5) is 0 Å². The average Bonchev–Trinajstić information content (AvgIpc) is 2.96. The van der Waals surface area contributed by atoms with Gasteiger partial charge in [-0.25, -0.2) is 4.68 Å². The highest BCUT2D eigenvalue weighted by molar-refractivity contribution is 6.30. The molecule has 7 heteroatoms. The minimum atomic E-state index is -0.0182. The van der Waals surface area contributed by atoms with Crippen molar-refractivity contribution in [2.24, 2.45) is 5.92 Å². The molecule has 0 radical (unpaired) electrons. The lowest BCUT2D eigenvalue weighted by Crippen LogP contribution is -2.37. The van der Waals surface area contributed by atoms with Gasteiger partial charge in [0.1, 0.15) is 0 Å². The molecule has 1 saturated heterocycles. The zero-order valence-corrected chi connectivity index (χ0v) is 17.9. The van der Waals surface area contributed by atoms with E-state index in [4.69, 9.17) is 11.6 Å². The summed E-state index contributed by atoms with van der Waals surface area (Å²) >= 11 is 6.10. The third-order valence-corrected chi connectivity index (χ3v) is 6.50. The highest BCUT2D eigenvalue weighted by Crippen LogP contribution is 2.25. The number of halogens is 1. The fraction of sp³-hybridized carbons (Fsp3) is 0.591. The van der Waals surface area contributed by atoms with Crippen LogP contribution in [-0.4, -0.2) is 63.4 Å². The van der Waals surface area contributed by atoms with Gasteiger partial charge in [0.2, 0.25) is 0 Å². The third kappa shape index (κ3) is 4.81. The predicted molar refractivity (Wildman–Crippen MR) is 115 cm³/mol. The molecule has 6 nitrogen and oxygen atoms in total. The van der Waals surface area contributed by atoms with Gasteiger partial charge in [0, 0.05) is 31.2 Å². The van der Waals surface area contributed by atoms with Crippen molar-refractivity contribution in [1.82, 2.24) is 24.8 Å². The number of hydrogen-bond donors (Lipinski definition) is 0. The summed E-state index contributed by atoms with van der Waals surface area (Å²) in [5.41, 5.74) is 2.00. The van der Waals surface area contributed by atoms with E-state index in [-0.39, 0.29) is 5.91 Å². The van der Waals surface area contributed by atoms with Crippen LogP contribution in [0.2, 0.25) is 5.02 Å². The van der Waals surface area contributed by atoms with Crippen molar-refractivity contribution in [3.8, 4) is 5.69 Å². The summed E-state index contributed by atoms with van der Waals surface area (Å²) in [6.45, 7) is 6.64. The molecule has 2 aromatic rings. The second kappa shape index (κ2) is 9.26. The van der Waals surface area contributed by atoms with Gasteiger partial charge in [-0.15, -0.1) is 5.10 Å². The van der Waals surface area contributed by atoms with Crippen LogP contribution in [0, 0.1) is 12.8 Å². The molecule has 1 aromatic heterocycles. The lowest BCUT2D eigenvalue weighted by molar-refractivity contribution is 0.0753. The van der Waals surface area contributed by atoms with E-state index in [2.05, 4.69) is 15.2 Å². The molecule has 0 N–H and O–H groups in total. The van der Waals surface area contributed by atoms with Crippen molar-refractivity contribution >= 4 is 17.5 Å². The number of benzene rings is 1. The summed E-state index contributed by atoms with van der Waals surface area (Å²) in [5.74, 6) is 0.820. The molecular weight excluding hydrogens is 386 g/mol. The standard InChI is InChI=1S/C22H30ClN5O/c1-17-21(24-25-28(17)20-10-5-9-19(23)15-20)22(29)27-12-6-11-26(13-14-27)16-18-7-3-2-4-8-18/h5,9-10,15,18H,2-4,6-8,11-14,16H2,1H3. The molecule has 1 saturated carbocycles. The van der Waals surface area contributed by atoms with Gasteiger partial charge in [-0.3, -0.25) is 4.79 Å². The van der Waals surface area contributed by atoms with Crippen molar-refractivity contribution in [2.75, 3.05) is 32.7 Å². The molecular formula is C22H30ClN5O. The molecule has 2 fully saturated rings. The van der Waals surface area contributed by atoms with Gasteiger partial charge in [-0.2, -0.15) is 0 Å². The maximum absolute atomic E-state index is 13.1. The first-order valence-corrected chi connectivity index (χ1v) is 11.2. The molecule has 1 aromatic carbocycles. The maximum atomic E-state index is 13.1. The van der Waals surface area contributed by atoms with Gasteiger partial charge >= 0.3 is 0 Å². The molecule has 0 unspecified atom stereocenters. The van der Waals surface area contributed by atoms with Crippen LogP contribution in [0.3, 0.4) is 0 Å².